The van der Waals surface area contributed by atoms with Crippen molar-refractivity contribution in [2.75, 3.05) is 20.6 Å². The maximum Gasteiger partial charge on any atom is 0.143 e. The van der Waals surface area contributed by atoms with Crippen molar-refractivity contribution in [2.24, 2.45) is 0 Å². The van der Waals surface area contributed by atoms with Gasteiger partial charge in [0.25, 0.3) is 0 Å². The van der Waals surface area contributed by atoms with Gasteiger partial charge < -0.3 is 14.2 Å². The highest BCUT2D eigenvalue weighted by atomic mass is 16.5. The number of likely N-dealkylation sites (N-methyl/N-ethyl adjacent to an activating group) is 1. The Bertz CT molecular complexity index is 553. The van der Waals surface area contributed by atoms with E-state index in [0.717, 1.165) is 18.0 Å². The third kappa shape index (κ3) is 3.23. The summed E-state index contributed by atoms with van der Waals surface area (Å²) in [4.78, 5) is 2.14. The van der Waals surface area contributed by atoms with Crippen LogP contribution >= 0.6 is 0 Å². The highest BCUT2D eigenvalue weighted by Crippen LogP contribution is 2.27. The zero-order valence-corrected chi connectivity index (χ0v) is 13.1. The zero-order valence-electron chi connectivity index (χ0n) is 13.1. The van der Waals surface area contributed by atoms with Gasteiger partial charge in [-0.2, -0.15) is 0 Å². The molecule has 108 valence electrons. The van der Waals surface area contributed by atoms with Gasteiger partial charge >= 0.3 is 0 Å². The molecule has 0 aliphatic rings. The van der Waals surface area contributed by atoms with Crippen molar-refractivity contribution in [1.29, 1.82) is 0 Å². The van der Waals surface area contributed by atoms with Gasteiger partial charge in [0, 0.05) is 17.9 Å². The van der Waals surface area contributed by atoms with Crippen LogP contribution in [0.3, 0.4) is 0 Å². The van der Waals surface area contributed by atoms with Crippen molar-refractivity contribution in [1.82, 2.24) is 9.47 Å². The number of ether oxygens (including phenoxy) is 1. The second-order valence-corrected chi connectivity index (χ2v) is 5.61. The minimum absolute atomic E-state index is 0.155. The molecule has 0 saturated heterocycles. The maximum absolute atomic E-state index is 6.13. The quantitative estimate of drug-likeness (QED) is 0.829. The molecular weight excluding hydrogens is 248 g/mol. The summed E-state index contributed by atoms with van der Waals surface area (Å²) in [5.41, 5.74) is 3.55. The average Bonchev–Trinajstić information content (AvgIpc) is 2.69. The number of rotatable bonds is 5. The Kier molecular flexibility index (Phi) is 4.50. The number of hydrogen-bond acceptors (Lipinski definition) is 2. The van der Waals surface area contributed by atoms with E-state index in [1.807, 2.05) is 12.1 Å². The second-order valence-electron chi connectivity index (χ2n) is 5.61. The lowest BCUT2D eigenvalue weighted by molar-refractivity contribution is 0.176. The Balaban J connectivity index is 2.32. The minimum Gasteiger partial charge on any atom is -0.487 e. The lowest BCUT2D eigenvalue weighted by Gasteiger charge is -2.21. The van der Waals surface area contributed by atoms with Crippen molar-refractivity contribution in [2.45, 2.75) is 26.9 Å². The molecule has 0 aliphatic carbocycles. The van der Waals surface area contributed by atoms with Crippen molar-refractivity contribution >= 4 is 0 Å². The Morgan fingerprint density at radius 3 is 2.25 bits per heavy atom. The van der Waals surface area contributed by atoms with E-state index >= 15 is 0 Å². The molecule has 0 amide bonds. The summed E-state index contributed by atoms with van der Waals surface area (Å²) in [5, 5.41) is 0. The highest BCUT2D eigenvalue weighted by Gasteiger charge is 2.12. The number of nitrogens with zero attached hydrogens (tertiary/aromatic N) is 2. The fraction of sp³-hybridized carbons (Fsp3) is 0.412. The zero-order chi connectivity index (χ0) is 14.7. The van der Waals surface area contributed by atoms with Crippen LogP contribution in [-0.2, 0) is 0 Å². The number of aromatic nitrogens is 1. The molecule has 0 saturated carbocycles. The van der Waals surface area contributed by atoms with E-state index < -0.39 is 0 Å². The number of aryl methyl sites for hydroxylation is 2. The molecule has 0 fully saturated rings. The van der Waals surface area contributed by atoms with Crippen LogP contribution in [0, 0.1) is 13.8 Å². The molecular formula is C17H24N2O. The van der Waals surface area contributed by atoms with E-state index in [-0.39, 0.29) is 6.10 Å². The Hall–Kier alpha value is -1.74. The molecule has 1 atom stereocenters. The summed E-state index contributed by atoms with van der Waals surface area (Å²) >= 11 is 0. The molecule has 2 rings (SSSR count). The molecule has 3 nitrogen and oxygen atoms in total. The molecule has 0 aliphatic heterocycles. The summed E-state index contributed by atoms with van der Waals surface area (Å²) in [7, 11) is 4.12. The minimum atomic E-state index is 0.155. The summed E-state index contributed by atoms with van der Waals surface area (Å²) in [6.07, 6.45) is 0.155. The first kappa shape index (κ1) is 14.7. The normalized spacial score (nSPS) is 12.7. The van der Waals surface area contributed by atoms with Crippen LogP contribution in [0.1, 0.15) is 18.3 Å². The molecule has 0 radical (unpaired) electrons. The predicted molar refractivity (Wildman–Crippen MR) is 83.9 cm³/mol. The number of hydrogen-bond donors (Lipinski definition) is 0. The molecule has 1 aromatic carbocycles. The van der Waals surface area contributed by atoms with E-state index in [9.17, 15) is 0 Å². The molecule has 1 aromatic heterocycles. The summed E-state index contributed by atoms with van der Waals surface area (Å²) in [6.45, 7) is 7.24. The van der Waals surface area contributed by atoms with Crippen LogP contribution in [0.5, 0.6) is 5.75 Å². The Labute approximate surface area is 121 Å². The average molecular weight is 272 g/mol. The highest BCUT2D eigenvalue weighted by molar-refractivity contribution is 5.49. The van der Waals surface area contributed by atoms with E-state index in [4.69, 9.17) is 4.74 Å². The molecule has 3 heteroatoms. The van der Waals surface area contributed by atoms with Gasteiger partial charge in [-0.15, -0.1) is 0 Å². The topological polar surface area (TPSA) is 17.4 Å². The van der Waals surface area contributed by atoms with Crippen LogP contribution in [0.2, 0.25) is 0 Å². The first-order valence-electron chi connectivity index (χ1n) is 7.04. The third-order valence-electron chi connectivity index (χ3n) is 3.33. The van der Waals surface area contributed by atoms with Crippen LogP contribution in [-0.4, -0.2) is 36.2 Å². The summed E-state index contributed by atoms with van der Waals surface area (Å²) in [5.74, 6) is 0.934. The van der Waals surface area contributed by atoms with Gasteiger partial charge in [0.05, 0.1) is 5.69 Å². The van der Waals surface area contributed by atoms with Crippen LogP contribution in [0.4, 0.5) is 0 Å². The van der Waals surface area contributed by atoms with Crippen molar-refractivity contribution in [3.63, 3.8) is 0 Å². The molecule has 20 heavy (non-hydrogen) atoms. The fourth-order valence-electron chi connectivity index (χ4n) is 2.56. The molecule has 0 spiro atoms. The van der Waals surface area contributed by atoms with Gasteiger partial charge in [-0.1, -0.05) is 12.1 Å². The van der Waals surface area contributed by atoms with Crippen LogP contribution < -0.4 is 4.74 Å². The molecule has 2 aromatic rings. The first-order chi connectivity index (χ1) is 9.49. The van der Waals surface area contributed by atoms with Gasteiger partial charge in [-0.3, -0.25) is 0 Å². The number of benzene rings is 1. The van der Waals surface area contributed by atoms with E-state index in [1.165, 1.54) is 11.4 Å². The third-order valence-corrected chi connectivity index (χ3v) is 3.33. The molecule has 0 unspecified atom stereocenters. The monoisotopic (exact) mass is 272 g/mol. The first-order valence-corrected chi connectivity index (χ1v) is 7.04. The smallest absolute Gasteiger partial charge is 0.143 e. The predicted octanol–water partition coefficient (Wildman–Crippen LogP) is 3.42. The van der Waals surface area contributed by atoms with Gasteiger partial charge in [0.1, 0.15) is 11.9 Å². The summed E-state index contributed by atoms with van der Waals surface area (Å²) in [6, 6.07) is 12.5. The largest absolute Gasteiger partial charge is 0.487 e. The molecule has 1 heterocycles. The van der Waals surface area contributed by atoms with Crippen molar-refractivity contribution in [3.05, 3.63) is 47.8 Å². The fourth-order valence-corrected chi connectivity index (χ4v) is 2.56. The van der Waals surface area contributed by atoms with Crippen molar-refractivity contribution in [3.8, 4) is 11.4 Å². The van der Waals surface area contributed by atoms with Gasteiger partial charge in [-0.25, -0.2) is 0 Å². The maximum atomic E-state index is 6.13. The summed E-state index contributed by atoms with van der Waals surface area (Å²) < 4.78 is 8.36. The lowest BCUT2D eigenvalue weighted by atomic mass is 10.2. The van der Waals surface area contributed by atoms with E-state index in [1.54, 1.807) is 0 Å². The van der Waals surface area contributed by atoms with Gasteiger partial charge in [-0.05, 0) is 59.1 Å². The second kappa shape index (κ2) is 6.14. The SMILES string of the molecule is Cc1ccc(C)n1-c1ccccc1O[C@@H](C)CN(C)C. The molecule has 0 bridgehead atoms. The number of para-hydroxylation sites is 2. The van der Waals surface area contributed by atoms with Crippen LogP contribution in [0.25, 0.3) is 5.69 Å². The lowest BCUT2D eigenvalue weighted by Crippen LogP contribution is -2.28. The standard InChI is InChI=1S/C17H24N2O/c1-13-10-11-14(2)19(13)16-8-6-7-9-17(16)20-15(3)12-18(4)5/h6-11,15H,12H2,1-5H3/t15-/m0/s1. The van der Waals surface area contributed by atoms with Gasteiger partial charge in [0.2, 0.25) is 0 Å². The van der Waals surface area contributed by atoms with Crippen LogP contribution in [0.15, 0.2) is 36.4 Å². The van der Waals surface area contributed by atoms with E-state index in [0.29, 0.717) is 0 Å². The Morgan fingerprint density at radius 2 is 1.65 bits per heavy atom. The Morgan fingerprint density at radius 1 is 1.05 bits per heavy atom. The van der Waals surface area contributed by atoms with Gasteiger partial charge in [0.15, 0.2) is 0 Å². The molecule has 0 N–H and O–H groups in total. The van der Waals surface area contributed by atoms with E-state index in [2.05, 4.69) is 68.6 Å². The van der Waals surface area contributed by atoms with Crippen molar-refractivity contribution < 1.29 is 4.74 Å².